The third-order valence-corrected chi connectivity index (χ3v) is 4.65. The van der Waals surface area contributed by atoms with Gasteiger partial charge in [0.25, 0.3) is 0 Å². The molecule has 4 N–H and O–H groups in total. The maximum absolute atomic E-state index is 12.7. The predicted molar refractivity (Wildman–Crippen MR) is 111 cm³/mol. The van der Waals surface area contributed by atoms with Crippen LogP contribution in [0.4, 0.5) is 4.79 Å². The first-order valence-electron chi connectivity index (χ1n) is 9.16. The van der Waals surface area contributed by atoms with Crippen molar-refractivity contribution >= 4 is 27.9 Å². The summed E-state index contributed by atoms with van der Waals surface area (Å²) in [6.45, 7) is 0.281. The van der Waals surface area contributed by atoms with Gasteiger partial charge in [0, 0.05) is 18.8 Å². The Balaban J connectivity index is 1.59. The Hall–Kier alpha value is -3.11. The monoisotopic (exact) mass is 476 g/mol. The number of amides is 2. The van der Waals surface area contributed by atoms with Gasteiger partial charge in [-0.3, -0.25) is 20.1 Å². The second-order valence-electron chi connectivity index (χ2n) is 6.52. The van der Waals surface area contributed by atoms with Crippen LogP contribution in [0.2, 0.25) is 0 Å². The van der Waals surface area contributed by atoms with Crippen molar-refractivity contribution in [2.45, 2.75) is 25.2 Å². The van der Waals surface area contributed by atoms with Gasteiger partial charge in [-0.1, -0.05) is 12.1 Å². The number of aromatic hydroxyl groups is 1. The lowest BCUT2D eigenvalue weighted by molar-refractivity contribution is -0.123. The number of halogens is 1. The first-order chi connectivity index (χ1) is 14.5. The third kappa shape index (κ3) is 6.75. The van der Waals surface area contributed by atoms with Crippen LogP contribution in [0.3, 0.4) is 0 Å². The van der Waals surface area contributed by atoms with Gasteiger partial charge in [0.2, 0.25) is 5.91 Å². The molecule has 10 heteroatoms. The van der Waals surface area contributed by atoms with Crippen LogP contribution in [-0.2, 0) is 27.4 Å². The molecule has 1 aromatic heterocycles. The minimum absolute atomic E-state index is 0.0578. The van der Waals surface area contributed by atoms with E-state index < -0.39 is 12.1 Å². The maximum Gasteiger partial charge on any atom is 0.408 e. The molecule has 2 heterocycles. The van der Waals surface area contributed by atoms with E-state index in [1.54, 1.807) is 42.7 Å². The van der Waals surface area contributed by atoms with Crippen LogP contribution in [0.5, 0.6) is 5.75 Å². The van der Waals surface area contributed by atoms with Crippen LogP contribution in [0.25, 0.3) is 0 Å². The number of phenolic OH excluding ortho intramolecular Hbond substituents is 1. The molecule has 0 saturated carbocycles. The van der Waals surface area contributed by atoms with E-state index in [9.17, 15) is 14.7 Å². The van der Waals surface area contributed by atoms with Crippen LogP contribution in [0.15, 0.2) is 59.5 Å². The van der Waals surface area contributed by atoms with Crippen molar-refractivity contribution < 1.29 is 24.3 Å². The molecule has 2 amide bonds. The molecule has 0 radical (unpaired) electrons. The van der Waals surface area contributed by atoms with E-state index >= 15 is 0 Å². The van der Waals surface area contributed by atoms with Gasteiger partial charge in [0.15, 0.2) is 0 Å². The van der Waals surface area contributed by atoms with Gasteiger partial charge in [-0.05, 0) is 57.4 Å². The summed E-state index contributed by atoms with van der Waals surface area (Å²) in [5.41, 5.74) is 4.19. The van der Waals surface area contributed by atoms with Crippen molar-refractivity contribution in [2.24, 2.45) is 0 Å². The molecule has 2 aromatic rings. The Morgan fingerprint density at radius 1 is 1.20 bits per heavy atom. The Labute approximate surface area is 181 Å². The minimum atomic E-state index is -0.874. The summed E-state index contributed by atoms with van der Waals surface area (Å²) < 4.78 is 5.89. The molecule has 1 aliphatic heterocycles. The fourth-order valence-corrected chi connectivity index (χ4v) is 3.07. The fraction of sp³-hybridized carbons (Fsp3) is 0.250. The summed E-state index contributed by atoms with van der Waals surface area (Å²) >= 11 is 3.25. The lowest BCUT2D eigenvalue weighted by Gasteiger charge is -2.19. The second-order valence-corrected chi connectivity index (χ2v) is 7.37. The lowest BCUT2D eigenvalue weighted by Crippen LogP contribution is -2.49. The zero-order valence-corrected chi connectivity index (χ0v) is 17.5. The molecule has 0 saturated heterocycles. The van der Waals surface area contributed by atoms with Gasteiger partial charge in [-0.25, -0.2) is 4.79 Å². The molecule has 30 heavy (non-hydrogen) atoms. The number of carbonyl (C=O) groups excluding carboxylic acids is 2. The largest absolute Gasteiger partial charge is 0.508 e. The smallest absolute Gasteiger partial charge is 0.408 e. The Morgan fingerprint density at radius 2 is 1.93 bits per heavy atom. The molecule has 2 unspecified atom stereocenters. The van der Waals surface area contributed by atoms with E-state index in [1.807, 2.05) is 0 Å². The number of carbonyl (C=O) groups is 2. The van der Waals surface area contributed by atoms with Crippen LogP contribution in [-0.4, -0.2) is 40.8 Å². The van der Waals surface area contributed by atoms with Crippen molar-refractivity contribution in [3.63, 3.8) is 0 Å². The predicted octanol–water partition coefficient (Wildman–Crippen LogP) is 1.88. The average molecular weight is 477 g/mol. The number of benzene rings is 1. The molecule has 0 spiro atoms. The van der Waals surface area contributed by atoms with Crippen molar-refractivity contribution in [1.82, 2.24) is 21.1 Å². The molecule has 9 nitrogen and oxygen atoms in total. The van der Waals surface area contributed by atoms with Gasteiger partial charge < -0.3 is 20.5 Å². The summed E-state index contributed by atoms with van der Waals surface area (Å²) in [7, 11) is 0. The highest BCUT2D eigenvalue weighted by molar-refractivity contribution is 9.11. The number of phenols is 1. The molecule has 3 rings (SSSR count). The van der Waals surface area contributed by atoms with Crippen LogP contribution < -0.4 is 16.1 Å². The maximum atomic E-state index is 12.7. The molecule has 2 atom stereocenters. The zero-order chi connectivity index (χ0) is 21.3. The van der Waals surface area contributed by atoms with Gasteiger partial charge in [0.1, 0.15) is 29.1 Å². The zero-order valence-electron chi connectivity index (χ0n) is 15.9. The van der Waals surface area contributed by atoms with Gasteiger partial charge >= 0.3 is 6.09 Å². The number of nitrogens with one attached hydrogen (secondary N) is 3. The molecule has 1 aromatic carbocycles. The van der Waals surface area contributed by atoms with E-state index in [-0.39, 0.29) is 37.3 Å². The van der Waals surface area contributed by atoms with Gasteiger partial charge in [-0.2, -0.15) is 0 Å². The van der Waals surface area contributed by atoms with Crippen LogP contribution >= 0.6 is 15.9 Å². The Morgan fingerprint density at radius 3 is 2.60 bits per heavy atom. The molecular formula is C20H21BrN4O5. The summed E-state index contributed by atoms with van der Waals surface area (Å²) in [5, 5.41) is 14.8. The van der Waals surface area contributed by atoms with E-state index in [4.69, 9.17) is 9.57 Å². The normalized spacial score (nSPS) is 16.2. The average Bonchev–Trinajstić information content (AvgIpc) is 3.17. The van der Waals surface area contributed by atoms with E-state index in [0.29, 0.717) is 4.61 Å². The number of hydroxylamine groups is 1. The molecule has 1 aliphatic rings. The third-order valence-electron chi connectivity index (χ3n) is 4.22. The fourth-order valence-electron chi connectivity index (χ4n) is 2.68. The Bertz CT molecular complexity index is 892. The van der Waals surface area contributed by atoms with Crippen molar-refractivity contribution in [3.8, 4) is 5.75 Å². The molecule has 0 aliphatic carbocycles. The topological polar surface area (TPSA) is 122 Å². The summed E-state index contributed by atoms with van der Waals surface area (Å²) in [6, 6.07) is 9.00. The van der Waals surface area contributed by atoms with E-state index in [2.05, 4.69) is 37.0 Å². The summed E-state index contributed by atoms with van der Waals surface area (Å²) in [4.78, 5) is 34.1. The number of aromatic nitrogens is 1. The van der Waals surface area contributed by atoms with Gasteiger partial charge in [-0.15, -0.1) is 0 Å². The molecular weight excluding hydrogens is 456 g/mol. The standard InChI is InChI=1S/C20H21BrN4O5/c21-18-10-16(30-25-18)11-23-19(27)17(9-13-1-3-15(26)4-2-13)24-20(28)29-12-14-5-7-22-8-6-14/h1-8,10,16-17,25-26H,9,11-12H2,(H,23,27)(H,24,28). The van der Waals surface area contributed by atoms with Crippen molar-refractivity contribution in [1.29, 1.82) is 0 Å². The van der Waals surface area contributed by atoms with Crippen molar-refractivity contribution in [3.05, 3.63) is 70.6 Å². The number of hydrogen-bond donors (Lipinski definition) is 4. The highest BCUT2D eigenvalue weighted by Crippen LogP contribution is 2.13. The molecule has 0 bridgehead atoms. The lowest BCUT2D eigenvalue weighted by atomic mass is 10.1. The summed E-state index contributed by atoms with van der Waals surface area (Å²) in [5.74, 6) is -0.267. The molecule has 0 fully saturated rings. The highest BCUT2D eigenvalue weighted by atomic mass is 79.9. The highest BCUT2D eigenvalue weighted by Gasteiger charge is 2.24. The van der Waals surface area contributed by atoms with Crippen LogP contribution in [0.1, 0.15) is 11.1 Å². The minimum Gasteiger partial charge on any atom is -0.508 e. The van der Waals surface area contributed by atoms with Gasteiger partial charge in [0.05, 0.1) is 6.54 Å². The number of nitrogens with zero attached hydrogens (tertiary/aromatic N) is 1. The van der Waals surface area contributed by atoms with E-state index in [0.717, 1.165) is 11.1 Å². The molecule has 158 valence electrons. The quantitative estimate of drug-likeness (QED) is 0.429. The number of rotatable bonds is 8. The second kappa shape index (κ2) is 10.6. The number of alkyl carbamates (subject to hydrolysis) is 1. The van der Waals surface area contributed by atoms with E-state index in [1.165, 1.54) is 12.1 Å². The number of hydrogen-bond acceptors (Lipinski definition) is 7. The first kappa shape index (κ1) is 21.6. The SMILES string of the molecule is O=C(NC(Cc1ccc(O)cc1)C(=O)NCC1C=C(Br)NO1)OCc1ccncc1. The van der Waals surface area contributed by atoms with Crippen molar-refractivity contribution in [2.75, 3.05) is 6.54 Å². The Kier molecular flexibility index (Phi) is 7.63. The first-order valence-corrected chi connectivity index (χ1v) is 9.95. The number of ether oxygens (including phenoxy) is 1. The van der Waals surface area contributed by atoms with Crippen LogP contribution in [0, 0.1) is 0 Å². The summed E-state index contributed by atoms with van der Waals surface area (Å²) in [6.07, 6.45) is 4.14. The number of pyridine rings is 1.